The molecule has 0 aliphatic rings. The minimum Gasteiger partial charge on any atom is -0.282 e. The average molecular weight is 440 g/mol. The Bertz CT molecular complexity index is 1070. The van der Waals surface area contributed by atoms with Gasteiger partial charge in [0.25, 0.3) is 5.56 Å². The first-order chi connectivity index (χ1) is 13.0. The number of nitrogens with zero attached hydrogens (tertiary/aromatic N) is 3. The summed E-state index contributed by atoms with van der Waals surface area (Å²) in [7, 11) is 0. The summed E-state index contributed by atoms with van der Waals surface area (Å²) < 4.78 is 2.20. The van der Waals surface area contributed by atoms with E-state index in [1.807, 2.05) is 62.4 Å². The Morgan fingerprint density at radius 1 is 1.19 bits per heavy atom. The summed E-state index contributed by atoms with van der Waals surface area (Å²) in [6.45, 7) is 4.32. The van der Waals surface area contributed by atoms with Gasteiger partial charge >= 0.3 is 0 Å². The first kappa shape index (κ1) is 19.4. The third kappa shape index (κ3) is 4.15. The largest absolute Gasteiger partial charge is 0.282 e. The molecule has 1 heterocycles. The summed E-state index contributed by atoms with van der Waals surface area (Å²) in [6.07, 6.45) is 0. The van der Waals surface area contributed by atoms with Gasteiger partial charge in [-0.2, -0.15) is 5.26 Å². The maximum absolute atomic E-state index is 12.7. The second-order valence-corrected chi connectivity index (χ2v) is 8.00. The molecule has 27 heavy (non-hydrogen) atoms. The zero-order chi connectivity index (χ0) is 19.4. The molecule has 4 nitrogen and oxygen atoms in total. The highest BCUT2D eigenvalue weighted by Crippen LogP contribution is 2.24. The third-order valence-electron chi connectivity index (χ3n) is 4.17. The Kier molecular flexibility index (Phi) is 6.15. The van der Waals surface area contributed by atoms with Crippen LogP contribution in [0.25, 0.3) is 11.1 Å². The van der Waals surface area contributed by atoms with Crippen molar-refractivity contribution in [1.82, 2.24) is 9.55 Å². The predicted octanol–water partition coefficient (Wildman–Crippen LogP) is 5.01. The van der Waals surface area contributed by atoms with E-state index < -0.39 is 0 Å². The molecule has 3 rings (SSSR count). The van der Waals surface area contributed by atoms with Crippen molar-refractivity contribution in [3.05, 3.63) is 80.2 Å². The molecule has 6 heteroatoms. The molecule has 0 atom stereocenters. The van der Waals surface area contributed by atoms with E-state index in [1.54, 1.807) is 16.3 Å². The molecule has 0 N–H and O–H groups in total. The van der Waals surface area contributed by atoms with Crippen LogP contribution in [0.1, 0.15) is 23.7 Å². The maximum atomic E-state index is 12.7. The van der Waals surface area contributed by atoms with E-state index in [1.165, 1.54) is 0 Å². The lowest BCUT2D eigenvalue weighted by atomic mass is 9.99. The first-order valence-corrected chi connectivity index (χ1v) is 10.3. The molecule has 136 valence electrons. The summed E-state index contributed by atoms with van der Waals surface area (Å²) in [6, 6.07) is 17.7. The molecule has 0 aliphatic heterocycles. The van der Waals surface area contributed by atoms with Crippen molar-refractivity contribution in [3.63, 3.8) is 0 Å². The number of aryl methyl sites for hydroxylation is 1. The highest BCUT2D eigenvalue weighted by atomic mass is 79.9. The molecule has 0 aliphatic carbocycles. The van der Waals surface area contributed by atoms with Gasteiger partial charge in [0.1, 0.15) is 4.47 Å². The van der Waals surface area contributed by atoms with Crippen LogP contribution in [-0.2, 0) is 6.54 Å². The number of halogens is 1. The Balaban J connectivity index is 1.95. The zero-order valence-corrected chi connectivity index (χ0v) is 17.5. The summed E-state index contributed by atoms with van der Waals surface area (Å²) in [5.74, 6) is 0.845. The van der Waals surface area contributed by atoms with E-state index in [-0.39, 0.29) is 5.56 Å². The highest BCUT2D eigenvalue weighted by molar-refractivity contribution is 9.10. The monoisotopic (exact) mass is 439 g/mol. The predicted molar refractivity (Wildman–Crippen MR) is 113 cm³/mol. The average Bonchev–Trinajstić information content (AvgIpc) is 2.70. The molecule has 1 aromatic heterocycles. The van der Waals surface area contributed by atoms with Gasteiger partial charge in [-0.05, 0) is 51.4 Å². The molecular formula is C21H18BrN3OS. The number of thioether (sulfide) groups is 1. The summed E-state index contributed by atoms with van der Waals surface area (Å²) in [5.41, 5.74) is 4.17. The molecule has 0 saturated heterocycles. The van der Waals surface area contributed by atoms with Crippen molar-refractivity contribution in [3.8, 4) is 17.2 Å². The van der Waals surface area contributed by atoms with Crippen LogP contribution in [0.15, 0.2) is 63.0 Å². The summed E-state index contributed by atoms with van der Waals surface area (Å²) in [4.78, 5) is 17.2. The Hall–Kier alpha value is -2.36. The van der Waals surface area contributed by atoms with Crippen molar-refractivity contribution in [1.29, 1.82) is 5.26 Å². The molecule has 0 amide bonds. The van der Waals surface area contributed by atoms with E-state index >= 15 is 0 Å². The zero-order valence-electron chi connectivity index (χ0n) is 15.1. The SMILES string of the molecule is CCSc1nc(C)c(Br)c(=O)n1Cc1ccc(-c2ccccc2C#N)cc1. The van der Waals surface area contributed by atoms with Crippen LogP contribution in [0.3, 0.4) is 0 Å². The number of aromatic nitrogens is 2. The van der Waals surface area contributed by atoms with Crippen LogP contribution in [-0.4, -0.2) is 15.3 Å². The van der Waals surface area contributed by atoms with Gasteiger partial charge in [-0.25, -0.2) is 4.98 Å². The quantitative estimate of drug-likeness (QED) is 0.413. The molecule has 0 fully saturated rings. The minimum atomic E-state index is -0.0719. The van der Waals surface area contributed by atoms with Crippen LogP contribution in [0.4, 0.5) is 0 Å². The van der Waals surface area contributed by atoms with Crippen molar-refractivity contribution < 1.29 is 0 Å². The van der Waals surface area contributed by atoms with Crippen molar-refractivity contribution in [2.75, 3.05) is 5.75 Å². The number of rotatable bonds is 5. The van der Waals surface area contributed by atoms with Crippen molar-refractivity contribution in [2.45, 2.75) is 25.5 Å². The molecular weight excluding hydrogens is 422 g/mol. The van der Waals surface area contributed by atoms with Crippen LogP contribution in [0.2, 0.25) is 0 Å². The first-order valence-electron chi connectivity index (χ1n) is 8.53. The Labute approximate surface area is 171 Å². The van der Waals surface area contributed by atoms with Crippen molar-refractivity contribution >= 4 is 27.7 Å². The fourth-order valence-corrected chi connectivity index (χ4v) is 3.86. The lowest BCUT2D eigenvalue weighted by molar-refractivity contribution is 0.633. The highest BCUT2D eigenvalue weighted by Gasteiger charge is 2.13. The number of hydrogen-bond acceptors (Lipinski definition) is 4. The molecule has 0 bridgehead atoms. The van der Waals surface area contributed by atoms with Crippen LogP contribution < -0.4 is 5.56 Å². The van der Waals surface area contributed by atoms with E-state index in [2.05, 4.69) is 27.0 Å². The lowest BCUT2D eigenvalue weighted by Gasteiger charge is -2.13. The molecule has 0 unspecified atom stereocenters. The molecule has 0 spiro atoms. The number of nitriles is 1. The van der Waals surface area contributed by atoms with Crippen LogP contribution in [0.5, 0.6) is 0 Å². The maximum Gasteiger partial charge on any atom is 0.269 e. The van der Waals surface area contributed by atoms with Gasteiger partial charge < -0.3 is 0 Å². The van der Waals surface area contributed by atoms with Gasteiger partial charge in [-0.1, -0.05) is 61.2 Å². The summed E-state index contributed by atoms with van der Waals surface area (Å²) >= 11 is 4.91. The standard InChI is InChI=1S/C21H18BrN3OS/c1-3-27-21-24-14(2)19(22)20(26)25(21)13-15-8-10-16(11-9-15)18-7-5-4-6-17(18)12-23/h4-11H,3,13H2,1-2H3. The Morgan fingerprint density at radius 2 is 1.89 bits per heavy atom. The molecule has 2 aromatic carbocycles. The smallest absolute Gasteiger partial charge is 0.269 e. The van der Waals surface area contributed by atoms with Gasteiger partial charge in [0, 0.05) is 0 Å². The van der Waals surface area contributed by atoms with Gasteiger partial charge in [0.2, 0.25) is 0 Å². The fourth-order valence-electron chi connectivity index (χ4n) is 2.80. The number of hydrogen-bond donors (Lipinski definition) is 0. The molecule has 0 saturated carbocycles. The third-order valence-corrected chi connectivity index (χ3v) is 5.94. The topological polar surface area (TPSA) is 58.7 Å². The second-order valence-electron chi connectivity index (χ2n) is 5.97. The molecule has 3 aromatic rings. The van der Waals surface area contributed by atoms with Crippen LogP contribution in [0, 0.1) is 18.3 Å². The Morgan fingerprint density at radius 3 is 2.56 bits per heavy atom. The van der Waals surface area contributed by atoms with Gasteiger partial charge in [-0.3, -0.25) is 9.36 Å². The number of benzene rings is 2. The fraction of sp³-hybridized carbons (Fsp3) is 0.190. The van der Waals surface area contributed by atoms with Gasteiger partial charge in [-0.15, -0.1) is 0 Å². The minimum absolute atomic E-state index is 0.0719. The van der Waals surface area contributed by atoms with E-state index in [0.29, 0.717) is 22.3 Å². The molecule has 0 radical (unpaired) electrons. The summed E-state index contributed by atoms with van der Waals surface area (Å²) in [5, 5.41) is 10.0. The van der Waals surface area contributed by atoms with E-state index in [0.717, 1.165) is 27.6 Å². The van der Waals surface area contributed by atoms with E-state index in [4.69, 9.17) is 0 Å². The van der Waals surface area contributed by atoms with Crippen LogP contribution >= 0.6 is 27.7 Å². The lowest BCUT2D eigenvalue weighted by Crippen LogP contribution is -2.25. The van der Waals surface area contributed by atoms with E-state index in [9.17, 15) is 10.1 Å². The van der Waals surface area contributed by atoms with Gasteiger partial charge in [0.15, 0.2) is 5.16 Å². The van der Waals surface area contributed by atoms with Gasteiger partial charge in [0.05, 0.1) is 23.9 Å². The second kappa shape index (κ2) is 8.55. The normalized spacial score (nSPS) is 10.6. The van der Waals surface area contributed by atoms with Crippen molar-refractivity contribution in [2.24, 2.45) is 0 Å².